The Kier molecular flexibility index (Phi) is 2.93. The summed E-state index contributed by atoms with van der Waals surface area (Å²) in [6.45, 7) is 1.83. The summed E-state index contributed by atoms with van der Waals surface area (Å²) in [5, 5.41) is 18.9. The summed E-state index contributed by atoms with van der Waals surface area (Å²) in [5.74, 6) is -1.11. The highest BCUT2D eigenvalue weighted by Crippen LogP contribution is 2.25. The lowest BCUT2D eigenvalue weighted by atomic mass is 10.1. The van der Waals surface area contributed by atoms with Crippen molar-refractivity contribution in [2.75, 3.05) is 0 Å². The SMILES string of the molecule is Cc1ccc(C(O)c2occc2C(=O)O)cn1. The molecule has 0 amide bonds. The van der Waals surface area contributed by atoms with Gasteiger partial charge >= 0.3 is 5.97 Å². The van der Waals surface area contributed by atoms with Crippen LogP contribution in [0.5, 0.6) is 0 Å². The first-order valence-corrected chi connectivity index (χ1v) is 5.01. The van der Waals surface area contributed by atoms with Gasteiger partial charge in [0.2, 0.25) is 0 Å². The maximum Gasteiger partial charge on any atom is 0.339 e. The summed E-state index contributed by atoms with van der Waals surface area (Å²) < 4.78 is 5.01. The summed E-state index contributed by atoms with van der Waals surface area (Å²) in [5.41, 5.74) is 1.27. The predicted molar refractivity (Wildman–Crippen MR) is 58.7 cm³/mol. The highest BCUT2D eigenvalue weighted by Gasteiger charge is 2.22. The van der Waals surface area contributed by atoms with E-state index in [1.165, 1.54) is 18.5 Å². The summed E-state index contributed by atoms with van der Waals surface area (Å²) in [4.78, 5) is 14.9. The molecule has 0 fully saturated rings. The van der Waals surface area contributed by atoms with Gasteiger partial charge in [0.25, 0.3) is 0 Å². The lowest BCUT2D eigenvalue weighted by Crippen LogP contribution is -2.06. The van der Waals surface area contributed by atoms with Gasteiger partial charge in [0.05, 0.1) is 6.26 Å². The van der Waals surface area contributed by atoms with E-state index < -0.39 is 12.1 Å². The average molecular weight is 233 g/mol. The molecule has 0 radical (unpaired) electrons. The maximum absolute atomic E-state index is 10.9. The van der Waals surface area contributed by atoms with E-state index in [0.717, 1.165) is 5.69 Å². The van der Waals surface area contributed by atoms with Crippen molar-refractivity contribution in [3.05, 3.63) is 53.2 Å². The molecule has 0 aromatic carbocycles. The highest BCUT2D eigenvalue weighted by atomic mass is 16.4. The minimum Gasteiger partial charge on any atom is -0.478 e. The van der Waals surface area contributed by atoms with Crippen LogP contribution in [0, 0.1) is 6.92 Å². The Labute approximate surface area is 97.3 Å². The van der Waals surface area contributed by atoms with Crippen molar-refractivity contribution in [3.63, 3.8) is 0 Å². The van der Waals surface area contributed by atoms with Gasteiger partial charge in [0, 0.05) is 17.5 Å². The fourth-order valence-corrected chi connectivity index (χ4v) is 1.50. The summed E-state index contributed by atoms with van der Waals surface area (Å²) in [6, 6.07) is 4.73. The van der Waals surface area contributed by atoms with Crippen LogP contribution in [0.25, 0.3) is 0 Å². The number of aliphatic hydroxyl groups is 1. The summed E-state index contributed by atoms with van der Waals surface area (Å²) in [6.07, 6.45) is 1.61. The van der Waals surface area contributed by atoms with Crippen molar-refractivity contribution in [1.29, 1.82) is 0 Å². The lowest BCUT2D eigenvalue weighted by molar-refractivity contribution is 0.0687. The standard InChI is InChI=1S/C12H11NO4/c1-7-2-3-8(6-13-7)10(14)11-9(12(15)16)4-5-17-11/h2-6,10,14H,1H3,(H,15,16). The number of aromatic carboxylic acids is 1. The summed E-state index contributed by atoms with van der Waals surface area (Å²) >= 11 is 0. The number of hydrogen-bond acceptors (Lipinski definition) is 4. The number of rotatable bonds is 3. The number of hydrogen-bond donors (Lipinski definition) is 2. The Hall–Kier alpha value is -2.14. The van der Waals surface area contributed by atoms with Crippen LogP contribution in [-0.4, -0.2) is 21.2 Å². The molecule has 0 bridgehead atoms. The minimum absolute atomic E-state index is 0.0168. The average Bonchev–Trinajstić information content (AvgIpc) is 2.78. The lowest BCUT2D eigenvalue weighted by Gasteiger charge is -2.09. The predicted octanol–water partition coefficient (Wildman–Crippen LogP) is 1.76. The number of carboxylic acids is 1. The molecule has 0 aliphatic heterocycles. The number of pyridine rings is 1. The number of aromatic nitrogens is 1. The minimum atomic E-state index is -1.13. The molecule has 1 unspecified atom stereocenters. The Morgan fingerprint density at radius 1 is 1.41 bits per heavy atom. The molecule has 0 saturated carbocycles. The molecule has 5 heteroatoms. The second kappa shape index (κ2) is 4.39. The van der Waals surface area contributed by atoms with E-state index in [0.29, 0.717) is 5.56 Å². The number of aryl methyl sites for hydroxylation is 1. The monoisotopic (exact) mass is 233 g/mol. The fraction of sp³-hybridized carbons (Fsp3) is 0.167. The number of nitrogens with zero attached hydrogens (tertiary/aromatic N) is 1. The normalized spacial score (nSPS) is 12.4. The maximum atomic E-state index is 10.9. The molecule has 2 rings (SSSR count). The van der Waals surface area contributed by atoms with Crippen molar-refractivity contribution in [2.45, 2.75) is 13.0 Å². The fourth-order valence-electron chi connectivity index (χ4n) is 1.50. The van der Waals surface area contributed by atoms with Crippen LogP contribution in [0.2, 0.25) is 0 Å². The van der Waals surface area contributed by atoms with E-state index in [1.54, 1.807) is 12.1 Å². The molecule has 17 heavy (non-hydrogen) atoms. The van der Waals surface area contributed by atoms with Crippen LogP contribution < -0.4 is 0 Å². The molecule has 0 spiro atoms. The van der Waals surface area contributed by atoms with Crippen LogP contribution in [0.3, 0.4) is 0 Å². The van der Waals surface area contributed by atoms with Crippen molar-refractivity contribution < 1.29 is 19.4 Å². The molecule has 88 valence electrons. The number of aliphatic hydroxyl groups excluding tert-OH is 1. The zero-order valence-corrected chi connectivity index (χ0v) is 9.12. The molecule has 2 heterocycles. The molecule has 5 nitrogen and oxygen atoms in total. The zero-order chi connectivity index (χ0) is 12.4. The first kappa shape index (κ1) is 11.3. The Bertz CT molecular complexity index is 530. The molecule has 2 N–H and O–H groups in total. The van der Waals surface area contributed by atoms with Gasteiger partial charge in [-0.2, -0.15) is 0 Å². The van der Waals surface area contributed by atoms with E-state index in [9.17, 15) is 9.90 Å². The van der Waals surface area contributed by atoms with Crippen LogP contribution in [0.15, 0.2) is 35.1 Å². The Morgan fingerprint density at radius 2 is 2.18 bits per heavy atom. The molecule has 0 saturated heterocycles. The first-order valence-electron chi connectivity index (χ1n) is 5.01. The van der Waals surface area contributed by atoms with Crippen molar-refractivity contribution in [3.8, 4) is 0 Å². The molecule has 2 aromatic rings. The third-order valence-corrected chi connectivity index (χ3v) is 2.42. The largest absolute Gasteiger partial charge is 0.478 e. The van der Waals surface area contributed by atoms with E-state index >= 15 is 0 Å². The quantitative estimate of drug-likeness (QED) is 0.843. The van der Waals surface area contributed by atoms with Crippen LogP contribution in [0.1, 0.15) is 33.5 Å². The van der Waals surface area contributed by atoms with Gasteiger partial charge in [-0.3, -0.25) is 4.98 Å². The molecule has 2 aromatic heterocycles. The zero-order valence-electron chi connectivity index (χ0n) is 9.12. The number of carbonyl (C=O) groups is 1. The topological polar surface area (TPSA) is 83.6 Å². The third kappa shape index (κ3) is 2.19. The Morgan fingerprint density at radius 3 is 2.76 bits per heavy atom. The Balaban J connectivity index is 2.36. The van der Waals surface area contributed by atoms with Gasteiger partial charge < -0.3 is 14.6 Å². The molecular formula is C12H11NO4. The second-order valence-electron chi connectivity index (χ2n) is 3.64. The highest BCUT2D eigenvalue weighted by molar-refractivity contribution is 5.88. The van der Waals surface area contributed by atoms with Gasteiger partial charge in [-0.25, -0.2) is 4.79 Å². The van der Waals surface area contributed by atoms with Crippen molar-refractivity contribution in [1.82, 2.24) is 4.98 Å². The van der Waals surface area contributed by atoms with E-state index in [1.807, 2.05) is 6.92 Å². The van der Waals surface area contributed by atoms with Gasteiger partial charge in [-0.05, 0) is 19.1 Å². The van der Waals surface area contributed by atoms with Crippen molar-refractivity contribution in [2.24, 2.45) is 0 Å². The van der Waals surface area contributed by atoms with Gasteiger partial charge in [0.1, 0.15) is 11.7 Å². The third-order valence-electron chi connectivity index (χ3n) is 2.42. The molecule has 0 aliphatic carbocycles. The smallest absolute Gasteiger partial charge is 0.339 e. The second-order valence-corrected chi connectivity index (χ2v) is 3.64. The van der Waals surface area contributed by atoms with Gasteiger partial charge in [0.15, 0.2) is 5.76 Å². The van der Waals surface area contributed by atoms with E-state index in [2.05, 4.69) is 4.98 Å². The number of furan rings is 1. The van der Waals surface area contributed by atoms with E-state index in [-0.39, 0.29) is 11.3 Å². The van der Waals surface area contributed by atoms with Gasteiger partial charge in [-0.1, -0.05) is 6.07 Å². The molecule has 0 aliphatic rings. The van der Waals surface area contributed by atoms with Gasteiger partial charge in [-0.15, -0.1) is 0 Å². The van der Waals surface area contributed by atoms with Crippen LogP contribution in [0.4, 0.5) is 0 Å². The van der Waals surface area contributed by atoms with Crippen LogP contribution in [-0.2, 0) is 0 Å². The molecule has 1 atom stereocenters. The van der Waals surface area contributed by atoms with Crippen molar-refractivity contribution >= 4 is 5.97 Å². The number of carboxylic acid groups (broad SMARTS) is 1. The van der Waals surface area contributed by atoms with E-state index in [4.69, 9.17) is 9.52 Å². The first-order chi connectivity index (χ1) is 8.09. The summed E-state index contributed by atoms with van der Waals surface area (Å²) in [7, 11) is 0. The molecular weight excluding hydrogens is 222 g/mol. The van der Waals surface area contributed by atoms with Crippen LogP contribution >= 0.6 is 0 Å².